The Morgan fingerprint density at radius 3 is 2.76 bits per heavy atom. The molecule has 3 heteroatoms. The van der Waals surface area contributed by atoms with Crippen molar-refractivity contribution in [3.63, 3.8) is 0 Å². The average Bonchev–Trinajstić information content (AvgIpc) is 2.67. The number of aliphatic hydroxyl groups is 1. The van der Waals surface area contributed by atoms with Crippen LogP contribution in [0.25, 0.3) is 0 Å². The molecule has 0 spiro atoms. The molecule has 3 nitrogen and oxygen atoms in total. The highest BCUT2D eigenvalue weighted by Gasteiger charge is 2.27. The number of aliphatic hydroxyl groups excluding tert-OH is 1. The van der Waals surface area contributed by atoms with Gasteiger partial charge in [0.2, 0.25) is 0 Å². The Kier molecular flexibility index (Phi) is 6.48. The van der Waals surface area contributed by atoms with E-state index < -0.39 is 6.10 Å². The van der Waals surface area contributed by atoms with Crippen LogP contribution in [0.1, 0.15) is 56.3 Å². The third-order valence-corrected chi connectivity index (χ3v) is 4.98. The summed E-state index contributed by atoms with van der Waals surface area (Å²) in [5, 5.41) is 14.5. The summed E-state index contributed by atoms with van der Waals surface area (Å²) in [6.45, 7) is 2.76. The monoisotopic (exact) mass is 339 g/mol. The summed E-state index contributed by atoms with van der Waals surface area (Å²) in [5.41, 5.74) is 2.07. The van der Waals surface area contributed by atoms with Gasteiger partial charge in [-0.25, -0.2) is 0 Å². The zero-order chi connectivity index (χ0) is 17.5. The molecule has 1 saturated heterocycles. The topological polar surface area (TPSA) is 41.5 Å². The highest BCUT2D eigenvalue weighted by atomic mass is 16.5. The van der Waals surface area contributed by atoms with Crippen LogP contribution in [0.2, 0.25) is 0 Å². The summed E-state index contributed by atoms with van der Waals surface area (Å²) in [6.07, 6.45) is 5.31. The first kappa shape index (κ1) is 18.0. The molecule has 1 heterocycles. The molecule has 0 bridgehead atoms. The molecular weight excluding hydrogens is 310 g/mol. The summed E-state index contributed by atoms with van der Waals surface area (Å²) in [6, 6.07) is 18.7. The Balaban J connectivity index is 1.62. The van der Waals surface area contributed by atoms with Crippen LogP contribution in [0.5, 0.6) is 5.75 Å². The number of rotatable bonds is 7. The predicted molar refractivity (Wildman–Crippen MR) is 102 cm³/mol. The van der Waals surface area contributed by atoms with E-state index in [1.54, 1.807) is 0 Å². The molecule has 1 unspecified atom stereocenters. The van der Waals surface area contributed by atoms with Gasteiger partial charge in [0.15, 0.2) is 0 Å². The molecular formula is C22H29NO2. The van der Waals surface area contributed by atoms with Crippen LogP contribution in [0, 0.1) is 0 Å². The second-order valence-corrected chi connectivity index (χ2v) is 6.98. The first-order valence-electron chi connectivity index (χ1n) is 9.47. The van der Waals surface area contributed by atoms with E-state index in [4.69, 9.17) is 4.74 Å². The van der Waals surface area contributed by atoms with Gasteiger partial charge in [-0.3, -0.25) is 0 Å². The fourth-order valence-corrected chi connectivity index (χ4v) is 3.64. The molecule has 3 atom stereocenters. The van der Waals surface area contributed by atoms with Gasteiger partial charge in [0.1, 0.15) is 12.4 Å². The minimum Gasteiger partial charge on any atom is -0.489 e. The Bertz CT molecular complexity index is 641. The van der Waals surface area contributed by atoms with Gasteiger partial charge >= 0.3 is 0 Å². The van der Waals surface area contributed by atoms with Gasteiger partial charge in [0, 0.05) is 12.1 Å². The Morgan fingerprint density at radius 2 is 1.96 bits per heavy atom. The van der Waals surface area contributed by atoms with Gasteiger partial charge in [-0.15, -0.1) is 0 Å². The molecule has 0 radical (unpaired) electrons. The van der Waals surface area contributed by atoms with Crippen molar-refractivity contribution in [2.75, 3.05) is 0 Å². The van der Waals surface area contributed by atoms with Crippen molar-refractivity contribution in [1.82, 2.24) is 5.32 Å². The number of nitrogens with one attached hydrogen (secondary N) is 1. The normalized spacial score (nSPS) is 21.7. The fraction of sp³-hybridized carbons (Fsp3) is 0.455. The summed E-state index contributed by atoms with van der Waals surface area (Å²) in [7, 11) is 0. The van der Waals surface area contributed by atoms with E-state index in [2.05, 4.69) is 24.4 Å². The van der Waals surface area contributed by atoms with Gasteiger partial charge in [0.05, 0.1) is 6.10 Å². The zero-order valence-electron chi connectivity index (χ0n) is 15.0. The Hall–Kier alpha value is -1.84. The van der Waals surface area contributed by atoms with E-state index in [1.165, 1.54) is 25.7 Å². The van der Waals surface area contributed by atoms with Gasteiger partial charge in [-0.05, 0) is 42.5 Å². The molecule has 0 aliphatic carbocycles. The first-order chi connectivity index (χ1) is 12.3. The fourth-order valence-electron chi connectivity index (χ4n) is 3.64. The minimum atomic E-state index is -0.486. The quantitative estimate of drug-likeness (QED) is 0.774. The van der Waals surface area contributed by atoms with Crippen molar-refractivity contribution in [3.05, 3.63) is 65.7 Å². The number of benzene rings is 2. The second-order valence-electron chi connectivity index (χ2n) is 6.98. The van der Waals surface area contributed by atoms with Gasteiger partial charge in [-0.1, -0.05) is 62.2 Å². The van der Waals surface area contributed by atoms with E-state index in [1.807, 2.05) is 42.5 Å². The molecule has 0 amide bonds. The molecule has 2 N–H and O–H groups in total. The van der Waals surface area contributed by atoms with Gasteiger partial charge < -0.3 is 15.2 Å². The molecule has 1 aliphatic heterocycles. The Morgan fingerprint density at radius 1 is 1.12 bits per heavy atom. The first-order valence-corrected chi connectivity index (χ1v) is 9.47. The van der Waals surface area contributed by atoms with Gasteiger partial charge in [0.25, 0.3) is 0 Å². The van der Waals surface area contributed by atoms with Crippen molar-refractivity contribution in [1.29, 1.82) is 0 Å². The highest BCUT2D eigenvalue weighted by molar-refractivity contribution is 5.31. The van der Waals surface area contributed by atoms with E-state index in [0.29, 0.717) is 12.6 Å². The molecule has 2 aromatic rings. The van der Waals surface area contributed by atoms with E-state index in [-0.39, 0.29) is 6.04 Å². The van der Waals surface area contributed by atoms with Crippen LogP contribution >= 0.6 is 0 Å². The summed E-state index contributed by atoms with van der Waals surface area (Å²) < 4.78 is 5.90. The average molecular weight is 339 g/mol. The van der Waals surface area contributed by atoms with Crippen LogP contribution < -0.4 is 10.1 Å². The molecule has 1 fully saturated rings. The maximum absolute atomic E-state index is 10.8. The lowest BCUT2D eigenvalue weighted by Gasteiger charge is -2.34. The second kappa shape index (κ2) is 9.02. The minimum absolute atomic E-state index is 0.134. The lowest BCUT2D eigenvalue weighted by molar-refractivity contribution is 0.0995. The van der Waals surface area contributed by atoms with E-state index >= 15 is 0 Å². The molecule has 0 aromatic heterocycles. The predicted octanol–water partition coefficient (Wildman–Crippen LogP) is 4.61. The number of piperidine rings is 1. The Labute approximate surface area is 151 Å². The lowest BCUT2D eigenvalue weighted by atomic mass is 9.90. The maximum Gasteiger partial charge on any atom is 0.120 e. The molecule has 1 aliphatic rings. The van der Waals surface area contributed by atoms with Crippen LogP contribution in [0.3, 0.4) is 0 Å². The summed E-state index contributed by atoms with van der Waals surface area (Å²) in [5.74, 6) is 0.807. The van der Waals surface area contributed by atoms with Gasteiger partial charge in [-0.2, -0.15) is 0 Å². The lowest BCUT2D eigenvalue weighted by Crippen LogP contribution is -2.45. The smallest absolute Gasteiger partial charge is 0.120 e. The summed E-state index contributed by atoms with van der Waals surface area (Å²) >= 11 is 0. The largest absolute Gasteiger partial charge is 0.489 e. The highest BCUT2D eigenvalue weighted by Crippen LogP contribution is 2.28. The van der Waals surface area contributed by atoms with Crippen LogP contribution in [-0.2, 0) is 6.61 Å². The van der Waals surface area contributed by atoms with Crippen molar-refractivity contribution >= 4 is 0 Å². The van der Waals surface area contributed by atoms with Crippen molar-refractivity contribution in [2.45, 2.75) is 63.8 Å². The van der Waals surface area contributed by atoms with Crippen LogP contribution in [-0.4, -0.2) is 17.2 Å². The third-order valence-electron chi connectivity index (χ3n) is 4.98. The molecule has 134 valence electrons. The van der Waals surface area contributed by atoms with E-state index in [9.17, 15) is 5.11 Å². The molecule has 3 rings (SSSR count). The van der Waals surface area contributed by atoms with Crippen LogP contribution in [0.15, 0.2) is 54.6 Å². The standard InChI is InChI=1S/C22H29NO2/c1-2-8-19-12-7-14-21(23-19)22(24)18-11-6-13-20(15-18)25-16-17-9-4-3-5-10-17/h3-6,9-11,13,15,19,21-24H,2,7-8,12,14,16H2,1H3/t19-,21-,22?/m1/s1. The number of hydrogen-bond acceptors (Lipinski definition) is 3. The number of hydrogen-bond donors (Lipinski definition) is 2. The van der Waals surface area contributed by atoms with Crippen molar-refractivity contribution in [3.8, 4) is 5.75 Å². The SMILES string of the molecule is CCC[C@@H]1CCC[C@H](C(O)c2cccc(OCc3ccccc3)c2)N1. The summed E-state index contributed by atoms with van der Waals surface area (Å²) in [4.78, 5) is 0. The molecule has 2 aromatic carbocycles. The van der Waals surface area contributed by atoms with Crippen molar-refractivity contribution < 1.29 is 9.84 Å². The maximum atomic E-state index is 10.8. The molecule has 0 saturated carbocycles. The zero-order valence-corrected chi connectivity index (χ0v) is 15.0. The number of ether oxygens (including phenoxy) is 1. The molecule has 25 heavy (non-hydrogen) atoms. The van der Waals surface area contributed by atoms with Crippen LogP contribution in [0.4, 0.5) is 0 Å². The van der Waals surface area contributed by atoms with Crippen molar-refractivity contribution in [2.24, 2.45) is 0 Å². The van der Waals surface area contributed by atoms with E-state index in [0.717, 1.165) is 23.3 Å². The third kappa shape index (κ3) is 5.07.